The Kier molecular flexibility index (Phi) is 6.30. The largest absolute Gasteiger partial charge is 0.503 e. The fourth-order valence-electron chi connectivity index (χ4n) is 3.99. The molecule has 5 heteroatoms. The highest BCUT2D eigenvalue weighted by Crippen LogP contribution is 2.42. The third-order valence-electron chi connectivity index (χ3n) is 5.94. The van der Waals surface area contributed by atoms with Crippen molar-refractivity contribution in [2.75, 3.05) is 22.9 Å². The monoisotopic (exact) mass is 406 g/mol. The van der Waals surface area contributed by atoms with Crippen molar-refractivity contribution in [3.8, 4) is 0 Å². The van der Waals surface area contributed by atoms with Crippen molar-refractivity contribution in [1.82, 2.24) is 0 Å². The molecule has 0 saturated heterocycles. The van der Waals surface area contributed by atoms with Crippen molar-refractivity contribution in [1.29, 1.82) is 0 Å². The molecule has 30 heavy (non-hydrogen) atoms. The van der Waals surface area contributed by atoms with Crippen LogP contribution in [0.4, 0.5) is 11.4 Å². The molecule has 0 saturated carbocycles. The van der Waals surface area contributed by atoms with Crippen LogP contribution in [-0.2, 0) is 9.59 Å². The lowest BCUT2D eigenvalue weighted by Gasteiger charge is -2.28. The summed E-state index contributed by atoms with van der Waals surface area (Å²) in [6.45, 7) is 11.7. The van der Waals surface area contributed by atoms with Gasteiger partial charge in [-0.25, -0.2) is 0 Å². The van der Waals surface area contributed by atoms with Crippen LogP contribution in [0.15, 0.2) is 53.8 Å². The predicted octanol–water partition coefficient (Wildman–Crippen LogP) is 5.03. The lowest BCUT2D eigenvalue weighted by molar-refractivity contribution is -0.118. The molecule has 0 spiro atoms. The normalized spacial score (nSPS) is 16.4. The first-order chi connectivity index (χ1) is 14.3. The first-order valence-electron chi connectivity index (χ1n) is 10.6. The molecule has 1 aliphatic rings. The Morgan fingerprint density at radius 3 is 2.17 bits per heavy atom. The van der Waals surface area contributed by atoms with E-state index in [9.17, 15) is 14.7 Å². The summed E-state index contributed by atoms with van der Waals surface area (Å²) in [4.78, 5) is 29.5. The van der Waals surface area contributed by atoms with Crippen molar-refractivity contribution < 1.29 is 14.7 Å². The van der Waals surface area contributed by atoms with Crippen molar-refractivity contribution >= 4 is 23.1 Å². The highest BCUT2D eigenvalue weighted by atomic mass is 16.3. The van der Waals surface area contributed by atoms with Gasteiger partial charge in [0.25, 0.3) is 5.91 Å². The van der Waals surface area contributed by atoms with Gasteiger partial charge >= 0.3 is 0 Å². The summed E-state index contributed by atoms with van der Waals surface area (Å²) in [6, 6.07) is 13.0. The number of hydrogen-bond donors (Lipinski definition) is 1. The van der Waals surface area contributed by atoms with E-state index in [1.807, 2.05) is 56.3 Å². The van der Waals surface area contributed by atoms with Gasteiger partial charge in [-0.2, -0.15) is 0 Å². The van der Waals surface area contributed by atoms with E-state index < -0.39 is 17.7 Å². The average Bonchev–Trinajstić information content (AvgIpc) is 3.02. The second-order valence-electron chi connectivity index (χ2n) is 7.65. The second-order valence-corrected chi connectivity index (χ2v) is 7.65. The fraction of sp³-hybridized carbons (Fsp3) is 0.360. The number of hydrogen-bond acceptors (Lipinski definition) is 4. The van der Waals surface area contributed by atoms with Crippen molar-refractivity contribution in [2.24, 2.45) is 0 Å². The Balaban J connectivity index is 2.12. The molecule has 0 aromatic heterocycles. The summed E-state index contributed by atoms with van der Waals surface area (Å²) in [7, 11) is 0. The van der Waals surface area contributed by atoms with Gasteiger partial charge in [-0.05, 0) is 68.7 Å². The predicted molar refractivity (Wildman–Crippen MR) is 121 cm³/mol. The lowest BCUT2D eigenvalue weighted by atomic mass is 9.94. The van der Waals surface area contributed by atoms with E-state index in [0.717, 1.165) is 35.5 Å². The number of carbonyl (C=O) groups excluding carboxylic acids is 2. The van der Waals surface area contributed by atoms with Crippen molar-refractivity contribution in [2.45, 2.75) is 47.1 Å². The Morgan fingerprint density at radius 2 is 1.63 bits per heavy atom. The maximum absolute atomic E-state index is 13.0. The number of nitrogens with zero attached hydrogens (tertiary/aromatic N) is 2. The Labute approximate surface area is 178 Å². The molecule has 0 radical (unpaired) electrons. The molecule has 0 fully saturated rings. The lowest BCUT2D eigenvalue weighted by Crippen LogP contribution is -2.31. The van der Waals surface area contributed by atoms with Gasteiger partial charge in [0.2, 0.25) is 0 Å². The van der Waals surface area contributed by atoms with Crippen molar-refractivity contribution in [3.05, 3.63) is 70.5 Å². The van der Waals surface area contributed by atoms with Gasteiger partial charge in [0.1, 0.15) is 0 Å². The molecule has 0 aliphatic carbocycles. The quantitative estimate of drug-likeness (QED) is 0.701. The van der Waals surface area contributed by atoms with E-state index in [1.165, 1.54) is 4.90 Å². The topological polar surface area (TPSA) is 60.9 Å². The minimum Gasteiger partial charge on any atom is -0.503 e. The summed E-state index contributed by atoms with van der Waals surface area (Å²) in [5, 5.41) is 10.6. The SMILES string of the molecule is CCC(=O)C1=C(O)C(=O)N(c2ccc(C)c(C)c2)C1c1ccc(N(CC)CC)cc1. The van der Waals surface area contributed by atoms with Crippen LogP contribution in [0.5, 0.6) is 0 Å². The number of amides is 1. The highest BCUT2D eigenvalue weighted by Gasteiger charge is 2.43. The summed E-state index contributed by atoms with van der Waals surface area (Å²) >= 11 is 0. The highest BCUT2D eigenvalue weighted by molar-refractivity contribution is 6.16. The summed E-state index contributed by atoms with van der Waals surface area (Å²) in [5.74, 6) is -1.20. The van der Waals surface area contributed by atoms with Gasteiger partial charge in [-0.1, -0.05) is 25.1 Å². The number of carbonyl (C=O) groups is 2. The fourth-order valence-corrected chi connectivity index (χ4v) is 3.99. The van der Waals surface area contributed by atoms with Crippen molar-refractivity contribution in [3.63, 3.8) is 0 Å². The molecule has 1 aliphatic heterocycles. The first kappa shape index (κ1) is 21.6. The van der Waals surface area contributed by atoms with Crippen LogP contribution in [0.3, 0.4) is 0 Å². The Bertz CT molecular complexity index is 988. The molecule has 1 unspecified atom stereocenters. The molecule has 0 bridgehead atoms. The van der Waals surface area contributed by atoms with Crippen LogP contribution in [-0.4, -0.2) is 29.9 Å². The zero-order valence-electron chi connectivity index (χ0n) is 18.4. The number of aliphatic hydroxyl groups is 1. The first-order valence-corrected chi connectivity index (χ1v) is 10.6. The van der Waals surface area contributed by atoms with Gasteiger partial charge in [-0.3, -0.25) is 14.5 Å². The molecule has 1 atom stereocenters. The van der Waals surface area contributed by atoms with Crippen LogP contribution in [0, 0.1) is 13.8 Å². The zero-order valence-corrected chi connectivity index (χ0v) is 18.4. The number of anilines is 2. The maximum atomic E-state index is 13.0. The smallest absolute Gasteiger partial charge is 0.294 e. The maximum Gasteiger partial charge on any atom is 0.294 e. The van der Waals surface area contributed by atoms with Crippen LogP contribution in [0.1, 0.15) is 49.9 Å². The van der Waals surface area contributed by atoms with E-state index >= 15 is 0 Å². The van der Waals surface area contributed by atoms with Gasteiger partial charge in [0, 0.05) is 30.9 Å². The number of aliphatic hydroxyl groups excluding tert-OH is 1. The Morgan fingerprint density at radius 1 is 1.00 bits per heavy atom. The third-order valence-corrected chi connectivity index (χ3v) is 5.94. The van der Waals surface area contributed by atoms with Gasteiger partial charge in [0.05, 0.1) is 11.6 Å². The summed E-state index contributed by atoms with van der Waals surface area (Å²) in [5.41, 5.74) is 4.90. The number of aryl methyl sites for hydroxylation is 2. The molecular weight excluding hydrogens is 376 g/mol. The van der Waals surface area contributed by atoms with Crippen LogP contribution < -0.4 is 9.80 Å². The van der Waals surface area contributed by atoms with E-state index in [4.69, 9.17) is 0 Å². The van der Waals surface area contributed by atoms with Crippen LogP contribution >= 0.6 is 0 Å². The van der Waals surface area contributed by atoms with E-state index in [0.29, 0.717) is 5.69 Å². The molecule has 2 aromatic carbocycles. The number of rotatable bonds is 7. The van der Waals surface area contributed by atoms with E-state index in [2.05, 4.69) is 18.7 Å². The summed E-state index contributed by atoms with van der Waals surface area (Å²) < 4.78 is 0. The average molecular weight is 407 g/mol. The zero-order chi connectivity index (χ0) is 22.0. The summed E-state index contributed by atoms with van der Waals surface area (Å²) in [6.07, 6.45) is 0.224. The van der Waals surface area contributed by atoms with E-state index in [1.54, 1.807) is 6.92 Å². The minimum atomic E-state index is -0.641. The molecule has 2 aromatic rings. The number of benzene rings is 2. The molecule has 1 amide bonds. The van der Waals surface area contributed by atoms with Crippen LogP contribution in [0.2, 0.25) is 0 Å². The number of ketones is 1. The third kappa shape index (κ3) is 3.72. The minimum absolute atomic E-state index is 0.177. The standard InChI is InChI=1S/C25H30N2O3/c1-6-21(28)22-23(18-10-13-19(14-11-18)26(7-2)8-3)27(25(30)24(22)29)20-12-9-16(4)17(5)15-20/h9-15,23,29H,6-8H2,1-5H3. The van der Waals surface area contributed by atoms with Crippen LogP contribution in [0.25, 0.3) is 0 Å². The molecule has 1 N–H and O–H groups in total. The molecule has 158 valence electrons. The van der Waals surface area contributed by atoms with Gasteiger partial charge in [0.15, 0.2) is 11.5 Å². The molecular formula is C25H30N2O3. The Hall–Kier alpha value is -3.08. The number of Topliss-reactive ketones (excluding diaryl/α,β-unsaturated/α-hetero) is 1. The molecule has 5 nitrogen and oxygen atoms in total. The second kappa shape index (κ2) is 8.74. The van der Waals surface area contributed by atoms with Gasteiger partial charge < -0.3 is 10.0 Å². The molecule has 1 heterocycles. The van der Waals surface area contributed by atoms with Gasteiger partial charge in [-0.15, -0.1) is 0 Å². The van der Waals surface area contributed by atoms with E-state index in [-0.39, 0.29) is 17.8 Å². The molecule has 3 rings (SSSR count).